The summed E-state index contributed by atoms with van der Waals surface area (Å²) in [4.78, 5) is 2.32. The van der Waals surface area contributed by atoms with Crippen LogP contribution in [0.4, 0.5) is 0 Å². The van der Waals surface area contributed by atoms with Crippen LogP contribution in [0.25, 0.3) is 0 Å². The van der Waals surface area contributed by atoms with E-state index >= 15 is 0 Å². The third-order valence-corrected chi connectivity index (χ3v) is 3.34. The maximum atomic E-state index is 6.24. The number of ether oxygens (including phenoxy) is 2. The molecule has 0 radical (unpaired) electrons. The highest BCUT2D eigenvalue weighted by atomic mass is 16.6. The molecule has 0 fully saturated rings. The van der Waals surface area contributed by atoms with Crippen LogP contribution in [-0.4, -0.2) is 37.7 Å². The molecule has 2 rings (SSSR count). The third-order valence-electron chi connectivity index (χ3n) is 3.34. The van der Waals surface area contributed by atoms with Gasteiger partial charge >= 0.3 is 0 Å². The molecule has 0 amide bonds. The zero-order valence-electron chi connectivity index (χ0n) is 11.2. The summed E-state index contributed by atoms with van der Waals surface area (Å²) >= 11 is 0. The monoisotopic (exact) mass is 250 g/mol. The first-order valence-corrected chi connectivity index (χ1v) is 6.62. The van der Waals surface area contributed by atoms with Crippen molar-refractivity contribution in [3.63, 3.8) is 0 Å². The van der Waals surface area contributed by atoms with Gasteiger partial charge in [-0.05, 0) is 30.8 Å². The molecular weight excluding hydrogens is 228 g/mol. The minimum absolute atomic E-state index is 0.0146. The van der Waals surface area contributed by atoms with Gasteiger partial charge in [-0.15, -0.1) is 0 Å². The van der Waals surface area contributed by atoms with Gasteiger partial charge in [0.1, 0.15) is 13.2 Å². The van der Waals surface area contributed by atoms with Crippen molar-refractivity contribution in [1.29, 1.82) is 0 Å². The highest BCUT2D eigenvalue weighted by Gasteiger charge is 2.15. The lowest BCUT2D eigenvalue weighted by Crippen LogP contribution is -2.32. The molecule has 100 valence electrons. The molecule has 18 heavy (non-hydrogen) atoms. The third kappa shape index (κ3) is 2.94. The van der Waals surface area contributed by atoms with Gasteiger partial charge in [0.25, 0.3) is 0 Å². The highest BCUT2D eigenvalue weighted by Crippen LogP contribution is 2.32. The summed E-state index contributed by atoms with van der Waals surface area (Å²) in [6, 6.07) is 6.00. The van der Waals surface area contributed by atoms with Gasteiger partial charge in [-0.3, -0.25) is 0 Å². The minimum atomic E-state index is 0.0146. The zero-order valence-corrected chi connectivity index (χ0v) is 11.2. The average Bonchev–Trinajstić information content (AvgIpc) is 2.44. The van der Waals surface area contributed by atoms with Crippen LogP contribution in [0, 0.1) is 0 Å². The van der Waals surface area contributed by atoms with E-state index in [0.717, 1.165) is 36.7 Å². The van der Waals surface area contributed by atoms with Crippen molar-refractivity contribution in [2.75, 3.05) is 32.8 Å². The smallest absolute Gasteiger partial charge is 0.161 e. The predicted molar refractivity (Wildman–Crippen MR) is 72.1 cm³/mol. The molecule has 1 aromatic rings. The largest absolute Gasteiger partial charge is 0.486 e. The Morgan fingerprint density at radius 3 is 2.50 bits per heavy atom. The normalized spacial score (nSPS) is 15.8. The number of nitrogens with two attached hydrogens (primary N) is 1. The number of rotatable bonds is 5. The SMILES string of the molecule is CCN(CC)CC(N)c1ccc2c(c1)OCCO2. The lowest BCUT2D eigenvalue weighted by Gasteiger charge is -2.24. The number of hydrogen-bond acceptors (Lipinski definition) is 4. The lowest BCUT2D eigenvalue weighted by atomic mass is 10.1. The summed E-state index contributed by atoms with van der Waals surface area (Å²) in [5, 5.41) is 0. The molecule has 2 N–H and O–H groups in total. The van der Waals surface area contributed by atoms with Crippen LogP contribution in [0.2, 0.25) is 0 Å². The van der Waals surface area contributed by atoms with Gasteiger partial charge in [-0.25, -0.2) is 0 Å². The molecule has 1 aromatic carbocycles. The van der Waals surface area contributed by atoms with Crippen molar-refractivity contribution in [2.24, 2.45) is 5.73 Å². The van der Waals surface area contributed by atoms with E-state index in [0.29, 0.717) is 13.2 Å². The van der Waals surface area contributed by atoms with Crippen molar-refractivity contribution in [3.05, 3.63) is 23.8 Å². The maximum Gasteiger partial charge on any atom is 0.161 e. The van der Waals surface area contributed by atoms with Gasteiger partial charge in [0, 0.05) is 12.6 Å². The number of nitrogens with zero attached hydrogens (tertiary/aromatic N) is 1. The van der Waals surface area contributed by atoms with Crippen molar-refractivity contribution >= 4 is 0 Å². The van der Waals surface area contributed by atoms with Crippen molar-refractivity contribution in [3.8, 4) is 11.5 Å². The first-order chi connectivity index (χ1) is 8.74. The quantitative estimate of drug-likeness (QED) is 0.865. The second kappa shape index (κ2) is 6.07. The van der Waals surface area contributed by atoms with E-state index in [4.69, 9.17) is 15.2 Å². The van der Waals surface area contributed by atoms with E-state index in [1.54, 1.807) is 0 Å². The van der Waals surface area contributed by atoms with Crippen molar-refractivity contribution in [1.82, 2.24) is 4.90 Å². The second-order valence-electron chi connectivity index (χ2n) is 4.50. The summed E-state index contributed by atoms with van der Waals surface area (Å²) in [6.45, 7) is 8.45. The molecule has 0 saturated carbocycles. The summed E-state index contributed by atoms with van der Waals surface area (Å²) in [7, 11) is 0. The Kier molecular flexibility index (Phi) is 4.44. The number of likely N-dealkylation sites (N-methyl/N-ethyl adjacent to an activating group) is 1. The van der Waals surface area contributed by atoms with Crippen LogP contribution in [0.5, 0.6) is 11.5 Å². The van der Waals surface area contributed by atoms with Gasteiger partial charge in [0.2, 0.25) is 0 Å². The first-order valence-electron chi connectivity index (χ1n) is 6.62. The molecule has 0 aliphatic carbocycles. The minimum Gasteiger partial charge on any atom is -0.486 e. The van der Waals surface area contributed by atoms with E-state index < -0.39 is 0 Å². The topological polar surface area (TPSA) is 47.7 Å². The molecule has 1 heterocycles. The summed E-state index contributed by atoms with van der Waals surface area (Å²) in [5.41, 5.74) is 7.35. The van der Waals surface area contributed by atoms with Gasteiger partial charge < -0.3 is 20.1 Å². The van der Waals surface area contributed by atoms with Crippen LogP contribution in [-0.2, 0) is 0 Å². The highest BCUT2D eigenvalue weighted by molar-refractivity contribution is 5.44. The fourth-order valence-corrected chi connectivity index (χ4v) is 2.16. The Morgan fingerprint density at radius 2 is 1.83 bits per heavy atom. The Bertz CT molecular complexity index is 391. The van der Waals surface area contributed by atoms with E-state index in [1.807, 2.05) is 18.2 Å². The Labute approximate surface area is 109 Å². The summed E-state index contributed by atoms with van der Waals surface area (Å²) < 4.78 is 11.1. The molecule has 0 saturated heterocycles. The first kappa shape index (κ1) is 13.2. The van der Waals surface area contributed by atoms with E-state index in [1.165, 1.54) is 0 Å². The van der Waals surface area contributed by atoms with Crippen LogP contribution in [0.3, 0.4) is 0 Å². The standard InChI is InChI=1S/C14H22N2O2/c1-3-16(4-2)10-12(15)11-5-6-13-14(9-11)18-8-7-17-13/h5-6,9,12H,3-4,7-8,10,15H2,1-2H3. The average molecular weight is 250 g/mol. The molecule has 0 bridgehead atoms. The van der Waals surface area contributed by atoms with E-state index in [-0.39, 0.29) is 6.04 Å². The molecule has 1 atom stereocenters. The molecule has 0 spiro atoms. The predicted octanol–water partition coefficient (Wildman–Crippen LogP) is 1.80. The molecule has 1 aliphatic heterocycles. The second-order valence-corrected chi connectivity index (χ2v) is 4.50. The van der Waals surface area contributed by atoms with Crippen molar-refractivity contribution < 1.29 is 9.47 Å². The Hall–Kier alpha value is -1.26. The van der Waals surface area contributed by atoms with Gasteiger partial charge in [-0.2, -0.15) is 0 Å². The van der Waals surface area contributed by atoms with Crippen LogP contribution in [0.1, 0.15) is 25.5 Å². The summed E-state index contributed by atoms with van der Waals surface area (Å²) in [6.07, 6.45) is 0. The van der Waals surface area contributed by atoms with Gasteiger partial charge in [-0.1, -0.05) is 19.9 Å². The Balaban J connectivity index is 2.08. The van der Waals surface area contributed by atoms with Crippen molar-refractivity contribution in [2.45, 2.75) is 19.9 Å². The molecule has 4 heteroatoms. The zero-order chi connectivity index (χ0) is 13.0. The summed E-state index contributed by atoms with van der Waals surface area (Å²) in [5.74, 6) is 1.63. The van der Waals surface area contributed by atoms with Crippen LogP contribution >= 0.6 is 0 Å². The fraction of sp³-hybridized carbons (Fsp3) is 0.571. The molecule has 0 aromatic heterocycles. The number of benzene rings is 1. The van der Waals surface area contributed by atoms with E-state index in [2.05, 4.69) is 18.7 Å². The number of fused-ring (bicyclic) bond motifs is 1. The van der Waals surface area contributed by atoms with Gasteiger partial charge in [0.15, 0.2) is 11.5 Å². The number of hydrogen-bond donors (Lipinski definition) is 1. The Morgan fingerprint density at radius 1 is 1.17 bits per heavy atom. The van der Waals surface area contributed by atoms with Crippen LogP contribution in [0.15, 0.2) is 18.2 Å². The fourth-order valence-electron chi connectivity index (χ4n) is 2.16. The molecular formula is C14H22N2O2. The molecule has 1 aliphatic rings. The molecule has 4 nitrogen and oxygen atoms in total. The van der Waals surface area contributed by atoms with E-state index in [9.17, 15) is 0 Å². The maximum absolute atomic E-state index is 6.24. The van der Waals surface area contributed by atoms with Crippen LogP contribution < -0.4 is 15.2 Å². The van der Waals surface area contributed by atoms with Gasteiger partial charge in [0.05, 0.1) is 0 Å². The lowest BCUT2D eigenvalue weighted by molar-refractivity contribution is 0.171. The molecule has 1 unspecified atom stereocenters.